The summed E-state index contributed by atoms with van der Waals surface area (Å²) in [6.07, 6.45) is -5.35. The number of hydrogen-bond acceptors (Lipinski definition) is 1. The molecule has 0 fully saturated rings. The van der Waals surface area contributed by atoms with Crippen LogP contribution in [-0.4, -0.2) is 0 Å². The third kappa shape index (κ3) is 1.90. The highest BCUT2D eigenvalue weighted by Gasteiger charge is 2.40. The molecule has 84 valence electrons. The van der Waals surface area contributed by atoms with Gasteiger partial charge < -0.3 is 0 Å². The average molecular weight is 250 g/mol. The molecule has 1 rings (SSSR count). The summed E-state index contributed by atoms with van der Waals surface area (Å²) in [5.74, 6) is -9.53. The van der Waals surface area contributed by atoms with Gasteiger partial charge in [0.1, 0.15) is 5.56 Å². The van der Waals surface area contributed by atoms with Crippen molar-refractivity contribution < 1.29 is 30.7 Å². The fourth-order valence-corrected chi connectivity index (χ4v) is 1.20. The zero-order chi connectivity index (χ0) is 12.0. The zero-order valence-electron chi connectivity index (χ0n) is 6.59. The van der Waals surface area contributed by atoms with E-state index in [9.17, 15) is 30.7 Å². The summed E-state index contributed by atoms with van der Waals surface area (Å²) in [6.45, 7) is 0. The maximum Gasteiger partial charge on any atom is 0.420 e. The van der Waals surface area contributed by atoms with Gasteiger partial charge in [-0.1, -0.05) is 0 Å². The van der Waals surface area contributed by atoms with Crippen molar-refractivity contribution in [3.8, 4) is 0 Å². The number of rotatable bonds is 0. The molecule has 0 N–H and O–H groups in total. The highest BCUT2D eigenvalue weighted by Crippen LogP contribution is 2.38. The smallest absolute Gasteiger partial charge is 0.203 e. The van der Waals surface area contributed by atoms with E-state index in [1.54, 1.807) is 0 Å². The first-order valence-electron chi connectivity index (χ1n) is 3.30. The Morgan fingerprint density at radius 2 is 1.13 bits per heavy atom. The van der Waals surface area contributed by atoms with Crippen LogP contribution in [0.2, 0.25) is 0 Å². The normalized spacial score (nSPS) is 12.0. The zero-order valence-corrected chi connectivity index (χ0v) is 7.49. The second-order valence-corrected chi connectivity index (χ2v) is 2.92. The van der Waals surface area contributed by atoms with Crippen LogP contribution in [0.3, 0.4) is 0 Å². The fraction of sp³-hybridized carbons (Fsp3) is 0.143. The van der Waals surface area contributed by atoms with Crippen molar-refractivity contribution in [2.75, 3.05) is 0 Å². The van der Waals surface area contributed by atoms with E-state index in [0.29, 0.717) is 0 Å². The van der Waals surface area contributed by atoms with Crippen molar-refractivity contribution in [3.63, 3.8) is 0 Å². The van der Waals surface area contributed by atoms with E-state index in [2.05, 4.69) is 12.6 Å². The van der Waals surface area contributed by atoms with Gasteiger partial charge in [-0.15, -0.1) is 12.6 Å². The van der Waals surface area contributed by atoms with E-state index in [-0.39, 0.29) is 0 Å². The summed E-state index contributed by atoms with van der Waals surface area (Å²) >= 11 is 2.95. The molecule has 8 heteroatoms. The number of hydrogen-bond donors (Lipinski definition) is 1. The molecule has 0 radical (unpaired) electrons. The Morgan fingerprint density at radius 3 is 1.53 bits per heavy atom. The molecule has 0 aliphatic carbocycles. The van der Waals surface area contributed by atoms with Crippen LogP contribution in [0.1, 0.15) is 5.56 Å². The highest BCUT2D eigenvalue weighted by molar-refractivity contribution is 7.80. The minimum Gasteiger partial charge on any atom is -0.203 e. The maximum absolute atomic E-state index is 12.6. The third-order valence-corrected chi connectivity index (χ3v) is 1.95. The molecular weight excluding hydrogens is 249 g/mol. The van der Waals surface area contributed by atoms with Crippen LogP contribution in [0.25, 0.3) is 0 Å². The molecule has 0 aromatic heterocycles. The molecule has 0 aliphatic heterocycles. The van der Waals surface area contributed by atoms with Gasteiger partial charge in [0.15, 0.2) is 23.3 Å². The van der Waals surface area contributed by atoms with E-state index >= 15 is 0 Å². The summed E-state index contributed by atoms with van der Waals surface area (Å²) in [5.41, 5.74) is -2.26. The molecule has 1 aromatic carbocycles. The Morgan fingerprint density at radius 1 is 0.733 bits per heavy atom. The lowest BCUT2D eigenvalue weighted by molar-refractivity contribution is -0.143. The molecular formula is C7HF7S. The summed E-state index contributed by atoms with van der Waals surface area (Å²) in [7, 11) is 0. The first-order valence-corrected chi connectivity index (χ1v) is 3.74. The van der Waals surface area contributed by atoms with Gasteiger partial charge in [0.05, 0.1) is 4.90 Å². The molecule has 0 nitrogen and oxygen atoms in total. The van der Waals surface area contributed by atoms with Crippen LogP contribution >= 0.6 is 12.6 Å². The Labute approximate surface area is 84.1 Å². The van der Waals surface area contributed by atoms with E-state index in [1.165, 1.54) is 0 Å². The van der Waals surface area contributed by atoms with E-state index in [4.69, 9.17) is 0 Å². The molecule has 0 amide bonds. The van der Waals surface area contributed by atoms with Crippen molar-refractivity contribution in [2.45, 2.75) is 11.1 Å². The van der Waals surface area contributed by atoms with Gasteiger partial charge in [-0.25, -0.2) is 17.6 Å². The van der Waals surface area contributed by atoms with Crippen LogP contribution in [-0.2, 0) is 6.18 Å². The van der Waals surface area contributed by atoms with Gasteiger partial charge in [-0.2, -0.15) is 13.2 Å². The van der Waals surface area contributed by atoms with Crippen LogP contribution in [0.5, 0.6) is 0 Å². The van der Waals surface area contributed by atoms with Gasteiger partial charge in [0.25, 0.3) is 0 Å². The van der Waals surface area contributed by atoms with Crippen molar-refractivity contribution in [2.24, 2.45) is 0 Å². The Hall–Kier alpha value is -0.920. The van der Waals surface area contributed by atoms with E-state index in [1.807, 2.05) is 0 Å². The van der Waals surface area contributed by atoms with Crippen molar-refractivity contribution >= 4 is 12.6 Å². The molecule has 0 atom stereocenters. The first-order chi connectivity index (χ1) is 6.68. The van der Waals surface area contributed by atoms with Gasteiger partial charge in [0, 0.05) is 0 Å². The number of benzene rings is 1. The molecule has 0 saturated heterocycles. The molecule has 0 saturated carbocycles. The van der Waals surface area contributed by atoms with Crippen LogP contribution in [0.4, 0.5) is 30.7 Å². The Bertz CT molecular complexity index is 380. The lowest BCUT2D eigenvalue weighted by Crippen LogP contribution is -2.14. The van der Waals surface area contributed by atoms with Crippen molar-refractivity contribution in [1.29, 1.82) is 0 Å². The molecule has 0 spiro atoms. The quantitative estimate of drug-likeness (QED) is 0.309. The molecule has 1 aromatic rings. The van der Waals surface area contributed by atoms with Crippen molar-refractivity contribution in [3.05, 3.63) is 28.8 Å². The fourth-order valence-electron chi connectivity index (χ4n) is 0.879. The Balaban J connectivity index is 3.68. The molecule has 0 heterocycles. The second kappa shape index (κ2) is 3.58. The molecule has 0 bridgehead atoms. The lowest BCUT2D eigenvalue weighted by Gasteiger charge is -2.12. The highest BCUT2D eigenvalue weighted by atomic mass is 32.1. The predicted molar refractivity (Wildman–Crippen MR) is 38.5 cm³/mol. The average Bonchev–Trinajstić information content (AvgIpc) is 2.09. The third-order valence-electron chi connectivity index (χ3n) is 1.53. The second-order valence-electron chi connectivity index (χ2n) is 2.48. The van der Waals surface area contributed by atoms with Gasteiger partial charge in [-0.3, -0.25) is 0 Å². The summed E-state index contributed by atoms with van der Waals surface area (Å²) in [6, 6.07) is 0. The largest absolute Gasteiger partial charge is 0.420 e. The minimum atomic E-state index is -5.35. The van der Waals surface area contributed by atoms with Crippen LogP contribution in [0.15, 0.2) is 4.90 Å². The summed E-state index contributed by atoms with van der Waals surface area (Å²) in [4.78, 5) is -1.61. The molecule has 0 aliphatic rings. The predicted octanol–water partition coefficient (Wildman–Crippen LogP) is 3.55. The monoisotopic (exact) mass is 250 g/mol. The standard InChI is InChI=1S/C7HF7S/c8-2-1(7(12,13)14)6(15)5(11)4(10)3(2)9/h15H. The lowest BCUT2D eigenvalue weighted by atomic mass is 10.2. The van der Waals surface area contributed by atoms with Crippen LogP contribution in [0, 0.1) is 23.3 Å². The van der Waals surface area contributed by atoms with Gasteiger partial charge in [0.2, 0.25) is 0 Å². The topological polar surface area (TPSA) is 0 Å². The molecule has 15 heavy (non-hydrogen) atoms. The van der Waals surface area contributed by atoms with Gasteiger partial charge in [-0.05, 0) is 0 Å². The van der Waals surface area contributed by atoms with Crippen molar-refractivity contribution in [1.82, 2.24) is 0 Å². The molecule has 0 unspecified atom stereocenters. The first kappa shape index (κ1) is 12.2. The van der Waals surface area contributed by atoms with E-state index < -0.39 is 39.9 Å². The van der Waals surface area contributed by atoms with E-state index in [0.717, 1.165) is 0 Å². The SMILES string of the molecule is Fc1c(F)c(F)c(C(F)(F)F)c(S)c1F. The number of halogens is 7. The van der Waals surface area contributed by atoms with Gasteiger partial charge >= 0.3 is 6.18 Å². The Kier molecular flexibility index (Phi) is 2.90. The van der Waals surface area contributed by atoms with Crippen LogP contribution < -0.4 is 0 Å². The maximum atomic E-state index is 12.6. The summed E-state index contributed by atoms with van der Waals surface area (Å²) < 4.78 is 86.3. The minimum absolute atomic E-state index is 1.61. The number of alkyl halides is 3. The number of thiol groups is 1. The summed E-state index contributed by atoms with van der Waals surface area (Å²) in [5, 5.41) is 0.